The Morgan fingerprint density at radius 3 is 1.62 bits per heavy atom. The summed E-state index contributed by atoms with van der Waals surface area (Å²) in [6.45, 7) is 23.1. The second kappa shape index (κ2) is 17.8. The van der Waals surface area contributed by atoms with Gasteiger partial charge < -0.3 is 23.0 Å². The van der Waals surface area contributed by atoms with E-state index in [0.717, 1.165) is 141 Å². The molecule has 0 atom stereocenters. The maximum atomic E-state index is 7.45. The molecule has 1 aliphatic carbocycles. The zero-order valence-electron chi connectivity index (χ0n) is 49.7. The van der Waals surface area contributed by atoms with Gasteiger partial charge in [-0.2, -0.15) is 0 Å². The third-order valence-corrected chi connectivity index (χ3v) is 19.2. The van der Waals surface area contributed by atoms with Gasteiger partial charge in [0.05, 0.1) is 11.4 Å². The fourth-order valence-corrected chi connectivity index (χ4v) is 14.5. The summed E-state index contributed by atoms with van der Waals surface area (Å²) in [4.78, 5) is 5.19. The van der Waals surface area contributed by atoms with Crippen molar-refractivity contribution in [1.29, 1.82) is 0 Å². The Labute approximate surface area is 492 Å². The van der Waals surface area contributed by atoms with E-state index < -0.39 is 0 Å². The first-order valence-corrected chi connectivity index (χ1v) is 30.0. The fourth-order valence-electron chi connectivity index (χ4n) is 14.5. The molecule has 13 aromatic rings. The van der Waals surface area contributed by atoms with Gasteiger partial charge in [-0.25, -0.2) is 0 Å². The summed E-state index contributed by atoms with van der Waals surface area (Å²) in [7, 11) is 0. The maximum Gasteiger partial charge on any atom is 0.333 e. The van der Waals surface area contributed by atoms with Crippen LogP contribution in [0.3, 0.4) is 0 Å². The van der Waals surface area contributed by atoms with Crippen LogP contribution in [0, 0.1) is 0 Å². The maximum absolute atomic E-state index is 7.45. The van der Waals surface area contributed by atoms with Crippen LogP contribution in [0.4, 0.5) is 28.4 Å². The molecule has 0 amide bonds. The van der Waals surface area contributed by atoms with Gasteiger partial charge in [0.2, 0.25) is 0 Å². The Hall–Kier alpha value is -9.00. The summed E-state index contributed by atoms with van der Waals surface area (Å²) in [6.07, 6.45) is 2.26. The van der Waals surface area contributed by atoms with Crippen molar-refractivity contribution in [2.75, 3.05) is 9.71 Å². The van der Waals surface area contributed by atoms with Gasteiger partial charge in [0.15, 0.2) is 5.58 Å². The largest absolute Gasteiger partial charge is 0.456 e. The van der Waals surface area contributed by atoms with Crippen LogP contribution in [0.25, 0.3) is 99.6 Å². The minimum Gasteiger partial charge on any atom is -0.456 e. The third kappa shape index (κ3) is 7.54. The van der Waals surface area contributed by atoms with Gasteiger partial charge in [0, 0.05) is 77.7 Å². The van der Waals surface area contributed by atoms with Gasteiger partial charge in [0.25, 0.3) is 0 Å². The van der Waals surface area contributed by atoms with Gasteiger partial charge in [-0.3, -0.25) is 0 Å². The predicted octanol–water partition coefficient (Wildman–Crippen LogP) is 20.9. The number of hydrogen-bond acceptors (Lipinski definition) is 5. The molecule has 3 aliphatic rings. The molecule has 0 saturated carbocycles. The molecule has 84 heavy (non-hydrogen) atoms. The summed E-state index contributed by atoms with van der Waals surface area (Å²) < 4.78 is 22.0. The Bertz CT molecular complexity index is 4850. The van der Waals surface area contributed by atoms with Crippen LogP contribution in [0.15, 0.2) is 213 Å². The normalized spacial score (nSPS) is 15.3. The Morgan fingerprint density at radius 2 is 0.964 bits per heavy atom. The predicted molar refractivity (Wildman–Crippen MR) is 353 cm³/mol. The molecule has 0 fully saturated rings. The Kier molecular flexibility index (Phi) is 10.7. The molecule has 0 unspecified atom stereocenters. The molecular formula is C78H67BN2O3. The number of anilines is 5. The third-order valence-electron chi connectivity index (χ3n) is 19.2. The van der Waals surface area contributed by atoms with E-state index in [2.05, 4.69) is 279 Å². The van der Waals surface area contributed by atoms with Crippen LogP contribution < -0.4 is 20.6 Å². The molecule has 0 bridgehead atoms. The summed E-state index contributed by atoms with van der Waals surface area (Å²) in [5.41, 5.74) is 23.0. The zero-order valence-corrected chi connectivity index (χ0v) is 49.7. The standard InChI is InChI=1S/C78H67BN2O3/c1-75(2,3)49-30-33-51(34-31-49)81-65-45-69-55(56-41-61-62(44-68(56)82-69)78(9,10)37-36-77(61,7)8)39-54(65)57-40-58-52-28-20-21-29-67(52)83-74(58)71-70(57)79(81)63-42-59-60(73(48-26-18-13-19-27-48)84-72(59)47-24-16-12-17-25-47)43-66(63)80(71)64-35-32-50(76(4,5)6)38-53(64)46-22-14-11-15-23-46/h11-35,38-45H,36-37H2,1-10H3. The van der Waals surface area contributed by atoms with E-state index in [1.165, 1.54) is 33.3 Å². The average molecular weight is 1090 g/mol. The highest BCUT2D eigenvalue weighted by atomic mass is 16.3. The lowest BCUT2D eigenvalue weighted by atomic mass is 9.43. The molecule has 16 rings (SSSR count). The van der Waals surface area contributed by atoms with Crippen molar-refractivity contribution >= 4 is 101 Å². The van der Waals surface area contributed by atoms with Gasteiger partial charge in [-0.1, -0.05) is 203 Å². The van der Waals surface area contributed by atoms with Crippen molar-refractivity contribution < 1.29 is 13.3 Å². The van der Waals surface area contributed by atoms with Crippen molar-refractivity contribution in [2.45, 2.75) is 104 Å². The summed E-state index contributed by atoms with van der Waals surface area (Å²) in [5, 5.41) is 6.52. The van der Waals surface area contributed by atoms with Crippen LogP contribution in [-0.2, 0) is 21.7 Å². The minimum atomic E-state index is -0.361. The van der Waals surface area contributed by atoms with Crippen molar-refractivity contribution in [3.05, 3.63) is 222 Å². The van der Waals surface area contributed by atoms with E-state index in [-0.39, 0.29) is 28.5 Å². The molecule has 410 valence electrons. The van der Waals surface area contributed by atoms with Gasteiger partial charge >= 0.3 is 6.85 Å². The molecule has 0 N–H and O–H groups in total. The molecular weight excluding hydrogens is 1020 g/mol. The second-order valence-corrected chi connectivity index (χ2v) is 27.5. The highest BCUT2D eigenvalue weighted by Gasteiger charge is 2.48. The van der Waals surface area contributed by atoms with Crippen LogP contribution >= 0.6 is 0 Å². The molecule has 6 heteroatoms. The summed E-state index contributed by atoms with van der Waals surface area (Å²) in [6, 6.07) is 74.4. The lowest BCUT2D eigenvalue weighted by molar-refractivity contribution is 0.332. The lowest BCUT2D eigenvalue weighted by Crippen LogP contribution is -2.61. The van der Waals surface area contributed by atoms with Gasteiger partial charge in [-0.15, -0.1) is 0 Å². The van der Waals surface area contributed by atoms with E-state index in [1.54, 1.807) is 0 Å². The highest BCUT2D eigenvalue weighted by Crippen LogP contribution is 2.56. The first-order chi connectivity index (χ1) is 40.4. The first-order valence-electron chi connectivity index (χ1n) is 30.0. The topological polar surface area (TPSA) is 45.9 Å². The Morgan fingerprint density at radius 1 is 0.405 bits per heavy atom. The van der Waals surface area contributed by atoms with E-state index in [4.69, 9.17) is 13.3 Å². The number of nitrogens with zero attached hydrogens (tertiary/aromatic N) is 2. The SMILES string of the molecule is CC(C)(C)c1ccc(N2B3c4cc5c(-c6ccccc6)oc(-c6ccccc6)c5cc4N(c4ccc(C(C)(C)C)cc4-c4ccccc4)c4c3c(cc3c4oc4ccccc43)-c3cc4c(cc32)oc2cc3c(cc24)C(C)(C)CCC3(C)C)cc1. The Balaban J connectivity index is 1.10. The number of para-hydroxylation sites is 1. The second-order valence-electron chi connectivity index (χ2n) is 27.5. The quantitative estimate of drug-likeness (QED) is 0.161. The molecule has 10 aromatic carbocycles. The molecule has 0 saturated heterocycles. The number of fused-ring (bicyclic) bond motifs is 13. The average Bonchev–Trinajstić information content (AvgIpc) is 1.34. The van der Waals surface area contributed by atoms with Crippen LogP contribution in [0.2, 0.25) is 0 Å². The minimum absolute atomic E-state index is 0.0235. The first kappa shape index (κ1) is 50.7. The van der Waals surface area contributed by atoms with E-state index in [0.29, 0.717) is 0 Å². The van der Waals surface area contributed by atoms with E-state index in [1.807, 2.05) is 0 Å². The van der Waals surface area contributed by atoms with E-state index in [9.17, 15) is 0 Å². The summed E-state index contributed by atoms with van der Waals surface area (Å²) >= 11 is 0. The van der Waals surface area contributed by atoms with Gasteiger partial charge in [-0.05, 0) is 139 Å². The number of hydrogen-bond donors (Lipinski definition) is 0. The zero-order chi connectivity index (χ0) is 57.3. The number of furan rings is 3. The molecule has 3 aromatic heterocycles. The van der Waals surface area contributed by atoms with Gasteiger partial charge in [0.1, 0.15) is 28.3 Å². The monoisotopic (exact) mass is 1090 g/mol. The lowest BCUT2D eigenvalue weighted by Gasteiger charge is -2.46. The van der Waals surface area contributed by atoms with Crippen LogP contribution in [0.1, 0.15) is 104 Å². The molecule has 0 radical (unpaired) electrons. The molecule has 5 nitrogen and oxygen atoms in total. The summed E-state index contributed by atoms with van der Waals surface area (Å²) in [5.74, 6) is 1.67. The molecule has 2 aliphatic heterocycles. The van der Waals surface area contributed by atoms with Crippen LogP contribution in [-0.4, -0.2) is 6.85 Å². The van der Waals surface area contributed by atoms with E-state index >= 15 is 0 Å². The highest BCUT2D eigenvalue weighted by molar-refractivity contribution is 6.94. The smallest absolute Gasteiger partial charge is 0.333 e. The molecule has 0 spiro atoms. The number of benzene rings is 10. The van der Waals surface area contributed by atoms with Crippen molar-refractivity contribution in [3.8, 4) is 44.9 Å². The van der Waals surface area contributed by atoms with Crippen molar-refractivity contribution in [3.63, 3.8) is 0 Å². The fraction of sp³-hybridized carbons (Fsp3) is 0.205. The van der Waals surface area contributed by atoms with Crippen molar-refractivity contribution in [1.82, 2.24) is 0 Å². The number of rotatable bonds is 5. The van der Waals surface area contributed by atoms with Crippen molar-refractivity contribution in [2.24, 2.45) is 0 Å². The molecule has 5 heterocycles. The van der Waals surface area contributed by atoms with Crippen LogP contribution in [0.5, 0.6) is 0 Å².